The SMILES string of the molecule is CCCC(NCc1cc(Br)c(OCC)c(Br)c1)c1ccccc1.Cl. The van der Waals surface area contributed by atoms with Gasteiger partial charge in [-0.05, 0) is 68.5 Å². The molecule has 1 atom stereocenters. The Morgan fingerprint density at radius 1 is 1.04 bits per heavy atom. The third kappa shape index (κ3) is 6.07. The number of ether oxygens (including phenoxy) is 1. The zero-order chi connectivity index (χ0) is 16.7. The number of benzene rings is 2. The average molecular weight is 478 g/mol. The van der Waals surface area contributed by atoms with Gasteiger partial charge in [0.25, 0.3) is 0 Å². The summed E-state index contributed by atoms with van der Waals surface area (Å²) in [6.07, 6.45) is 2.28. The molecule has 2 aromatic carbocycles. The molecule has 2 rings (SSSR count). The van der Waals surface area contributed by atoms with Gasteiger partial charge < -0.3 is 10.1 Å². The Morgan fingerprint density at radius 2 is 1.67 bits per heavy atom. The van der Waals surface area contributed by atoms with E-state index in [4.69, 9.17) is 4.74 Å². The number of nitrogens with one attached hydrogen (secondary N) is 1. The second kappa shape index (κ2) is 11.1. The summed E-state index contributed by atoms with van der Waals surface area (Å²) in [6, 6.07) is 15.3. The number of hydrogen-bond acceptors (Lipinski definition) is 2. The van der Waals surface area contributed by atoms with Crippen LogP contribution >= 0.6 is 44.3 Å². The van der Waals surface area contributed by atoms with E-state index in [2.05, 4.69) is 86.6 Å². The Bertz CT molecular complexity index is 599. The normalized spacial score (nSPS) is 11.7. The molecule has 2 nitrogen and oxygen atoms in total. The number of halogens is 3. The van der Waals surface area contributed by atoms with E-state index in [1.54, 1.807) is 0 Å². The van der Waals surface area contributed by atoms with Gasteiger partial charge in [0.15, 0.2) is 0 Å². The van der Waals surface area contributed by atoms with Crippen LogP contribution in [0.3, 0.4) is 0 Å². The van der Waals surface area contributed by atoms with Gasteiger partial charge in [0.1, 0.15) is 5.75 Å². The van der Waals surface area contributed by atoms with Crippen LogP contribution in [0.2, 0.25) is 0 Å². The van der Waals surface area contributed by atoms with Crippen LogP contribution < -0.4 is 10.1 Å². The molecule has 2 aromatic rings. The Hall–Kier alpha value is -0.550. The van der Waals surface area contributed by atoms with E-state index >= 15 is 0 Å². The lowest BCUT2D eigenvalue weighted by atomic mass is 10.0. The Kier molecular flexibility index (Phi) is 9.98. The van der Waals surface area contributed by atoms with Crippen LogP contribution in [0.4, 0.5) is 0 Å². The smallest absolute Gasteiger partial charge is 0.147 e. The molecule has 0 aromatic heterocycles. The van der Waals surface area contributed by atoms with Gasteiger partial charge in [-0.25, -0.2) is 0 Å². The van der Waals surface area contributed by atoms with E-state index < -0.39 is 0 Å². The second-order valence-electron chi connectivity index (χ2n) is 5.45. The van der Waals surface area contributed by atoms with Gasteiger partial charge >= 0.3 is 0 Å². The van der Waals surface area contributed by atoms with Gasteiger partial charge in [-0.3, -0.25) is 0 Å². The second-order valence-corrected chi connectivity index (χ2v) is 7.16. The first-order valence-corrected chi connectivity index (χ1v) is 9.63. The lowest BCUT2D eigenvalue weighted by Crippen LogP contribution is -2.20. The van der Waals surface area contributed by atoms with E-state index in [9.17, 15) is 0 Å². The molecule has 1 unspecified atom stereocenters. The van der Waals surface area contributed by atoms with Crippen LogP contribution in [0, 0.1) is 0 Å². The molecule has 24 heavy (non-hydrogen) atoms. The molecule has 1 N–H and O–H groups in total. The first-order valence-electron chi connectivity index (χ1n) is 8.04. The topological polar surface area (TPSA) is 21.3 Å². The summed E-state index contributed by atoms with van der Waals surface area (Å²) < 4.78 is 7.61. The van der Waals surface area contributed by atoms with Crippen molar-refractivity contribution in [1.82, 2.24) is 5.32 Å². The maximum Gasteiger partial charge on any atom is 0.147 e. The molecule has 0 radical (unpaired) electrons. The van der Waals surface area contributed by atoms with Gasteiger partial charge in [-0.15, -0.1) is 12.4 Å². The van der Waals surface area contributed by atoms with Crippen molar-refractivity contribution in [2.75, 3.05) is 6.61 Å². The van der Waals surface area contributed by atoms with Crippen molar-refractivity contribution in [3.8, 4) is 5.75 Å². The standard InChI is InChI=1S/C19H23Br2NO.ClH/c1-3-8-18(15-9-6-5-7-10-15)22-13-14-11-16(20)19(23-4-2)17(21)12-14;/h5-7,9-12,18,22H,3-4,8,13H2,1-2H3;1H. The lowest BCUT2D eigenvalue weighted by molar-refractivity contribution is 0.336. The van der Waals surface area contributed by atoms with Gasteiger partial charge in [-0.2, -0.15) is 0 Å². The fourth-order valence-electron chi connectivity index (χ4n) is 2.60. The molecular weight excluding hydrogens is 453 g/mol. The predicted molar refractivity (Wildman–Crippen MR) is 111 cm³/mol. The third-order valence-corrected chi connectivity index (χ3v) is 4.86. The first kappa shape index (κ1) is 21.5. The van der Waals surface area contributed by atoms with Crippen molar-refractivity contribution in [2.24, 2.45) is 0 Å². The zero-order valence-corrected chi connectivity index (χ0v) is 18.0. The van der Waals surface area contributed by atoms with Crippen LogP contribution in [-0.4, -0.2) is 6.61 Å². The first-order chi connectivity index (χ1) is 11.2. The van der Waals surface area contributed by atoms with E-state index in [1.807, 2.05) is 6.92 Å². The summed E-state index contributed by atoms with van der Waals surface area (Å²) in [5, 5.41) is 3.68. The summed E-state index contributed by atoms with van der Waals surface area (Å²) in [5.74, 6) is 0.865. The van der Waals surface area contributed by atoms with Crippen LogP contribution in [0.15, 0.2) is 51.4 Å². The monoisotopic (exact) mass is 475 g/mol. The molecule has 0 bridgehead atoms. The fourth-order valence-corrected chi connectivity index (χ4v) is 4.11. The van der Waals surface area contributed by atoms with Gasteiger partial charge in [0.05, 0.1) is 15.6 Å². The lowest BCUT2D eigenvalue weighted by Gasteiger charge is -2.19. The van der Waals surface area contributed by atoms with Gasteiger partial charge in [0, 0.05) is 12.6 Å². The Morgan fingerprint density at radius 3 is 2.21 bits per heavy atom. The van der Waals surface area contributed by atoms with Crippen molar-refractivity contribution in [2.45, 2.75) is 39.3 Å². The van der Waals surface area contributed by atoms with Crippen LogP contribution in [0.5, 0.6) is 5.75 Å². The summed E-state index contributed by atoms with van der Waals surface area (Å²) >= 11 is 7.20. The molecule has 0 heterocycles. The quantitative estimate of drug-likeness (QED) is 0.459. The van der Waals surface area contributed by atoms with Crippen molar-refractivity contribution in [1.29, 1.82) is 0 Å². The molecule has 0 amide bonds. The van der Waals surface area contributed by atoms with Crippen LogP contribution in [-0.2, 0) is 6.54 Å². The summed E-state index contributed by atoms with van der Waals surface area (Å²) in [5.41, 5.74) is 2.57. The molecule has 0 saturated carbocycles. The highest BCUT2D eigenvalue weighted by Crippen LogP contribution is 2.35. The summed E-state index contributed by atoms with van der Waals surface area (Å²) in [6.45, 7) is 5.69. The van der Waals surface area contributed by atoms with Crippen molar-refractivity contribution < 1.29 is 4.74 Å². The van der Waals surface area contributed by atoms with E-state index in [-0.39, 0.29) is 12.4 Å². The van der Waals surface area contributed by atoms with Crippen LogP contribution in [0.1, 0.15) is 43.9 Å². The van der Waals surface area contributed by atoms with Gasteiger partial charge in [-0.1, -0.05) is 43.7 Å². The van der Waals surface area contributed by atoms with Crippen LogP contribution in [0.25, 0.3) is 0 Å². The van der Waals surface area contributed by atoms with Gasteiger partial charge in [0.2, 0.25) is 0 Å². The molecule has 5 heteroatoms. The summed E-state index contributed by atoms with van der Waals surface area (Å²) in [7, 11) is 0. The fraction of sp³-hybridized carbons (Fsp3) is 0.368. The van der Waals surface area contributed by atoms with E-state index in [0.29, 0.717) is 12.6 Å². The maximum absolute atomic E-state index is 5.64. The molecule has 0 aliphatic heterocycles. The highest BCUT2D eigenvalue weighted by molar-refractivity contribution is 9.11. The number of rotatable bonds is 8. The van der Waals surface area contributed by atoms with Crippen molar-refractivity contribution >= 4 is 44.3 Å². The Balaban J connectivity index is 0.00000288. The molecule has 0 spiro atoms. The average Bonchev–Trinajstić information content (AvgIpc) is 2.55. The maximum atomic E-state index is 5.64. The minimum atomic E-state index is 0. The molecule has 0 fully saturated rings. The minimum Gasteiger partial charge on any atom is -0.492 e. The van der Waals surface area contributed by atoms with E-state index in [1.165, 1.54) is 11.1 Å². The molecular formula is C19H24Br2ClNO. The highest BCUT2D eigenvalue weighted by Gasteiger charge is 2.12. The third-order valence-electron chi connectivity index (χ3n) is 3.68. The largest absolute Gasteiger partial charge is 0.492 e. The highest BCUT2D eigenvalue weighted by atomic mass is 79.9. The number of hydrogen-bond donors (Lipinski definition) is 1. The Labute approximate surface area is 168 Å². The summed E-state index contributed by atoms with van der Waals surface area (Å²) in [4.78, 5) is 0. The van der Waals surface area contributed by atoms with Crippen molar-refractivity contribution in [3.05, 3.63) is 62.5 Å². The molecule has 132 valence electrons. The minimum absolute atomic E-state index is 0. The zero-order valence-electron chi connectivity index (χ0n) is 14.0. The van der Waals surface area contributed by atoms with E-state index in [0.717, 1.165) is 34.1 Å². The molecule has 0 aliphatic rings. The molecule has 0 aliphatic carbocycles. The van der Waals surface area contributed by atoms with Crippen molar-refractivity contribution in [3.63, 3.8) is 0 Å². The molecule has 0 saturated heterocycles. The predicted octanol–water partition coefficient (Wildman–Crippen LogP) is 6.66.